The number of ether oxygens (including phenoxy) is 2. The van der Waals surface area contributed by atoms with E-state index in [0.717, 1.165) is 11.1 Å². The van der Waals surface area contributed by atoms with Gasteiger partial charge in [0, 0.05) is 30.3 Å². The van der Waals surface area contributed by atoms with E-state index in [0.29, 0.717) is 42.6 Å². The van der Waals surface area contributed by atoms with Gasteiger partial charge < -0.3 is 20.9 Å². The molecule has 0 saturated carbocycles. The van der Waals surface area contributed by atoms with Crippen LogP contribution in [0.4, 0.5) is 33.3 Å². The van der Waals surface area contributed by atoms with Gasteiger partial charge in [0.1, 0.15) is 5.75 Å². The first-order valence-corrected chi connectivity index (χ1v) is 12.7. The summed E-state index contributed by atoms with van der Waals surface area (Å²) in [5.74, 6) is -0.630. The van der Waals surface area contributed by atoms with Crippen molar-refractivity contribution in [1.82, 2.24) is 0 Å². The fourth-order valence-electron chi connectivity index (χ4n) is 3.87. The maximum absolute atomic E-state index is 14.7. The van der Waals surface area contributed by atoms with Crippen molar-refractivity contribution in [3.05, 3.63) is 95.1 Å². The van der Waals surface area contributed by atoms with Crippen molar-refractivity contribution < 1.29 is 36.2 Å². The molecule has 0 aromatic heterocycles. The maximum Gasteiger partial charge on any atom is 0.426 e. The van der Waals surface area contributed by atoms with Gasteiger partial charge in [-0.15, -0.1) is 0 Å². The van der Waals surface area contributed by atoms with Crippen LogP contribution in [0.3, 0.4) is 0 Å². The minimum absolute atomic E-state index is 0.0433. The van der Waals surface area contributed by atoms with Crippen molar-refractivity contribution in [1.29, 1.82) is 0 Å². The number of rotatable bonds is 13. The van der Waals surface area contributed by atoms with Crippen LogP contribution in [-0.4, -0.2) is 18.8 Å². The number of alkyl halides is 5. The predicted molar refractivity (Wildman–Crippen MR) is 145 cm³/mol. The van der Waals surface area contributed by atoms with Gasteiger partial charge >= 0.3 is 18.3 Å². The molecule has 214 valence electrons. The third-order valence-corrected chi connectivity index (χ3v) is 6.04. The lowest BCUT2D eigenvalue weighted by molar-refractivity contribution is -0.185. The molecule has 3 aromatic carbocycles. The molecule has 0 amide bonds. The number of benzene rings is 3. The SMILES string of the molecule is Nc1ccc(CCOC(=O)/C=C/c2ccc(C(F)(F)Oc3ccc(CCCCCC(F)(F)F)cc3)cc2)c(N)c1. The third-order valence-electron chi connectivity index (χ3n) is 6.04. The molecule has 5 nitrogen and oxygen atoms in total. The van der Waals surface area contributed by atoms with Gasteiger partial charge in [0.15, 0.2) is 0 Å². The van der Waals surface area contributed by atoms with Crippen LogP contribution < -0.4 is 16.2 Å². The van der Waals surface area contributed by atoms with Gasteiger partial charge in [-0.1, -0.05) is 36.8 Å². The first-order chi connectivity index (χ1) is 18.9. The first kappa shape index (κ1) is 30.5. The number of carbonyl (C=O) groups is 1. The number of hydrogen-bond donors (Lipinski definition) is 2. The Morgan fingerprint density at radius 2 is 1.52 bits per heavy atom. The van der Waals surface area contributed by atoms with E-state index in [-0.39, 0.29) is 24.3 Å². The number of nitrogens with two attached hydrogens (primary N) is 2. The molecular formula is C30H31F5N2O3. The van der Waals surface area contributed by atoms with E-state index in [1.807, 2.05) is 0 Å². The Morgan fingerprint density at radius 3 is 2.17 bits per heavy atom. The van der Waals surface area contributed by atoms with Crippen molar-refractivity contribution >= 4 is 23.4 Å². The van der Waals surface area contributed by atoms with Gasteiger partial charge in [0.2, 0.25) is 0 Å². The monoisotopic (exact) mass is 562 g/mol. The highest BCUT2D eigenvalue weighted by Gasteiger charge is 2.34. The van der Waals surface area contributed by atoms with Gasteiger partial charge in [-0.2, -0.15) is 22.0 Å². The average Bonchev–Trinajstić information content (AvgIpc) is 2.89. The number of aryl methyl sites for hydroxylation is 1. The summed E-state index contributed by atoms with van der Waals surface area (Å²) in [6, 6.07) is 16.4. The molecule has 0 aliphatic carbocycles. The van der Waals surface area contributed by atoms with Gasteiger partial charge in [-0.05, 0) is 78.4 Å². The van der Waals surface area contributed by atoms with E-state index in [9.17, 15) is 26.7 Å². The number of hydrogen-bond acceptors (Lipinski definition) is 5. The molecule has 0 saturated heterocycles. The second-order valence-corrected chi connectivity index (χ2v) is 9.27. The molecule has 0 radical (unpaired) electrons. The minimum Gasteiger partial charge on any atom is -0.462 e. The molecule has 0 atom stereocenters. The van der Waals surface area contributed by atoms with Crippen LogP contribution in [0.2, 0.25) is 0 Å². The van der Waals surface area contributed by atoms with E-state index in [4.69, 9.17) is 20.9 Å². The molecule has 40 heavy (non-hydrogen) atoms. The van der Waals surface area contributed by atoms with Crippen molar-refractivity contribution in [2.45, 2.75) is 50.8 Å². The topological polar surface area (TPSA) is 87.6 Å². The molecule has 0 unspecified atom stereocenters. The number of carbonyl (C=O) groups excluding carboxylic acids is 1. The minimum atomic E-state index is -4.15. The van der Waals surface area contributed by atoms with Crippen LogP contribution in [0, 0.1) is 0 Å². The van der Waals surface area contributed by atoms with Gasteiger partial charge in [-0.3, -0.25) is 0 Å². The van der Waals surface area contributed by atoms with Crippen LogP contribution >= 0.6 is 0 Å². The summed E-state index contributed by atoms with van der Waals surface area (Å²) in [6.07, 6.45) is -3.87. The molecule has 0 spiro atoms. The van der Waals surface area contributed by atoms with Gasteiger partial charge in [-0.25, -0.2) is 4.79 Å². The van der Waals surface area contributed by atoms with Gasteiger partial charge in [0.05, 0.1) is 12.2 Å². The summed E-state index contributed by atoms with van der Waals surface area (Å²) >= 11 is 0. The molecule has 4 N–H and O–H groups in total. The average molecular weight is 563 g/mol. The Hall–Kier alpha value is -4.08. The Bertz CT molecular complexity index is 1270. The lowest BCUT2D eigenvalue weighted by Gasteiger charge is -2.18. The number of halogens is 5. The lowest BCUT2D eigenvalue weighted by Crippen LogP contribution is -2.21. The van der Waals surface area contributed by atoms with Crippen LogP contribution in [0.15, 0.2) is 72.8 Å². The third kappa shape index (κ3) is 10.2. The maximum atomic E-state index is 14.7. The molecule has 3 rings (SSSR count). The molecule has 0 heterocycles. The highest BCUT2D eigenvalue weighted by atomic mass is 19.4. The summed E-state index contributed by atoms with van der Waals surface area (Å²) < 4.78 is 76.0. The molecule has 0 aliphatic heterocycles. The van der Waals surface area contributed by atoms with Crippen LogP contribution in [0.25, 0.3) is 6.08 Å². The fraction of sp³-hybridized carbons (Fsp3) is 0.300. The van der Waals surface area contributed by atoms with E-state index in [1.165, 1.54) is 48.6 Å². The number of unbranched alkanes of at least 4 members (excludes halogenated alkanes) is 2. The quantitative estimate of drug-likeness (QED) is 0.0743. The summed E-state index contributed by atoms with van der Waals surface area (Å²) in [5, 5.41) is 0. The molecular weight excluding hydrogens is 531 g/mol. The Morgan fingerprint density at radius 1 is 0.825 bits per heavy atom. The number of nitrogen functional groups attached to an aromatic ring is 2. The number of anilines is 2. The number of esters is 1. The smallest absolute Gasteiger partial charge is 0.426 e. The largest absolute Gasteiger partial charge is 0.462 e. The van der Waals surface area contributed by atoms with E-state index >= 15 is 0 Å². The van der Waals surface area contributed by atoms with Crippen molar-refractivity contribution in [2.75, 3.05) is 18.1 Å². The zero-order valence-electron chi connectivity index (χ0n) is 21.7. The molecule has 0 fully saturated rings. The van der Waals surface area contributed by atoms with Gasteiger partial charge in [0.25, 0.3) is 0 Å². The second-order valence-electron chi connectivity index (χ2n) is 9.27. The lowest BCUT2D eigenvalue weighted by atomic mass is 10.1. The Balaban J connectivity index is 1.45. The van der Waals surface area contributed by atoms with Crippen LogP contribution in [0.1, 0.15) is 47.9 Å². The summed E-state index contributed by atoms with van der Waals surface area (Å²) in [6.45, 7) is 0.114. The first-order valence-electron chi connectivity index (χ1n) is 12.7. The molecule has 0 aliphatic rings. The summed E-state index contributed by atoms with van der Waals surface area (Å²) in [5.41, 5.74) is 14.4. The molecule has 0 bridgehead atoms. The fourth-order valence-corrected chi connectivity index (χ4v) is 3.87. The zero-order chi connectivity index (χ0) is 29.2. The van der Waals surface area contributed by atoms with E-state index in [1.54, 1.807) is 30.3 Å². The second kappa shape index (κ2) is 13.8. The highest BCUT2D eigenvalue weighted by Crippen LogP contribution is 2.32. The van der Waals surface area contributed by atoms with Crippen LogP contribution in [-0.2, 0) is 28.5 Å². The predicted octanol–water partition coefficient (Wildman–Crippen LogP) is 7.44. The molecule has 3 aromatic rings. The normalized spacial score (nSPS) is 12.0. The summed E-state index contributed by atoms with van der Waals surface area (Å²) in [4.78, 5) is 12.0. The zero-order valence-corrected chi connectivity index (χ0v) is 21.7. The summed E-state index contributed by atoms with van der Waals surface area (Å²) in [7, 11) is 0. The Labute approximate surface area is 229 Å². The standard InChI is InChI=1S/C30H31F5N2O3/c31-29(32,33)18-3-1-2-4-21-7-14-26(15-8-21)40-30(34,35)24-11-5-22(6-12-24)9-16-28(38)39-19-17-23-10-13-25(36)20-27(23)37/h5-16,20H,1-4,17-19,36-37H2/b16-9+. The van der Waals surface area contributed by atoms with Crippen molar-refractivity contribution in [3.63, 3.8) is 0 Å². The Kier molecular flexibility index (Phi) is 10.5. The van der Waals surface area contributed by atoms with E-state index < -0.39 is 24.7 Å². The van der Waals surface area contributed by atoms with Crippen molar-refractivity contribution in [2.24, 2.45) is 0 Å². The van der Waals surface area contributed by atoms with E-state index in [2.05, 4.69) is 0 Å². The molecule has 10 heteroatoms. The van der Waals surface area contributed by atoms with Crippen LogP contribution in [0.5, 0.6) is 5.75 Å². The van der Waals surface area contributed by atoms with Crippen molar-refractivity contribution in [3.8, 4) is 5.75 Å². The highest BCUT2D eigenvalue weighted by molar-refractivity contribution is 5.87.